The molecular weight excluding hydrogens is 256 g/mol. The molecule has 1 amide bonds. The largest absolute Gasteiger partial charge is 0.341 e. The summed E-state index contributed by atoms with van der Waals surface area (Å²) < 4.78 is 0.320. The molecule has 0 saturated carbocycles. The van der Waals surface area contributed by atoms with Crippen LogP contribution in [-0.4, -0.2) is 47.5 Å². The van der Waals surface area contributed by atoms with Crippen LogP contribution in [0.4, 0.5) is 0 Å². The van der Waals surface area contributed by atoms with Crippen molar-refractivity contribution in [1.82, 2.24) is 10.2 Å². The molecule has 0 aromatic carbocycles. The Morgan fingerprint density at radius 3 is 2.74 bits per heavy atom. The fraction of sp³-hybridized carbons (Fsp3) is 0.933. The first-order chi connectivity index (χ1) is 8.99. The first kappa shape index (κ1) is 15.2. The maximum atomic E-state index is 13.0. The number of amides is 1. The third-order valence-corrected chi connectivity index (χ3v) is 5.92. The van der Waals surface area contributed by atoms with Gasteiger partial charge in [0, 0.05) is 30.1 Å². The van der Waals surface area contributed by atoms with Crippen molar-refractivity contribution >= 4 is 17.7 Å². The molecule has 4 heteroatoms. The van der Waals surface area contributed by atoms with Gasteiger partial charge in [0.1, 0.15) is 0 Å². The Balaban J connectivity index is 2.05. The van der Waals surface area contributed by atoms with E-state index in [9.17, 15) is 4.79 Å². The molecule has 0 spiro atoms. The fourth-order valence-corrected chi connectivity index (χ4v) is 4.38. The summed E-state index contributed by atoms with van der Waals surface area (Å²) in [4.78, 5) is 15.1. The van der Waals surface area contributed by atoms with Crippen LogP contribution < -0.4 is 5.32 Å². The van der Waals surface area contributed by atoms with E-state index in [2.05, 4.69) is 31.0 Å². The van der Waals surface area contributed by atoms with Gasteiger partial charge in [-0.25, -0.2) is 0 Å². The van der Waals surface area contributed by atoms with Gasteiger partial charge in [-0.1, -0.05) is 27.2 Å². The second kappa shape index (κ2) is 6.04. The second-order valence-corrected chi connectivity index (χ2v) is 8.41. The number of carbonyl (C=O) groups is 1. The number of nitrogens with zero attached hydrogens (tertiary/aromatic N) is 1. The van der Waals surface area contributed by atoms with E-state index in [1.165, 1.54) is 0 Å². The molecule has 0 aliphatic carbocycles. The minimum atomic E-state index is -0.103. The summed E-state index contributed by atoms with van der Waals surface area (Å²) in [7, 11) is 0. The molecule has 1 unspecified atom stereocenters. The molecule has 2 rings (SSSR count). The van der Waals surface area contributed by atoms with Gasteiger partial charge >= 0.3 is 0 Å². The molecule has 2 heterocycles. The quantitative estimate of drug-likeness (QED) is 0.864. The van der Waals surface area contributed by atoms with Crippen molar-refractivity contribution in [1.29, 1.82) is 0 Å². The summed E-state index contributed by atoms with van der Waals surface area (Å²) in [6.45, 7) is 10.5. The molecular formula is C15H28N2OS. The Morgan fingerprint density at radius 2 is 2.11 bits per heavy atom. The van der Waals surface area contributed by atoms with Crippen molar-refractivity contribution in [2.24, 2.45) is 5.41 Å². The van der Waals surface area contributed by atoms with Crippen LogP contribution in [0.2, 0.25) is 0 Å². The predicted octanol–water partition coefficient (Wildman–Crippen LogP) is 2.51. The Labute approximate surface area is 121 Å². The van der Waals surface area contributed by atoms with Crippen LogP contribution in [0.15, 0.2) is 0 Å². The first-order valence-corrected chi connectivity index (χ1v) is 8.62. The van der Waals surface area contributed by atoms with Crippen molar-refractivity contribution in [3.63, 3.8) is 0 Å². The lowest BCUT2D eigenvalue weighted by Crippen LogP contribution is -2.46. The molecule has 0 radical (unpaired) electrons. The molecule has 110 valence electrons. The number of thioether (sulfide) groups is 1. The average molecular weight is 284 g/mol. The molecule has 1 atom stereocenters. The normalized spacial score (nSPS) is 31.2. The number of hydrogen-bond donors (Lipinski definition) is 1. The third-order valence-electron chi connectivity index (χ3n) is 4.55. The summed E-state index contributed by atoms with van der Waals surface area (Å²) in [5, 5.41) is 3.40. The van der Waals surface area contributed by atoms with Gasteiger partial charge in [0.25, 0.3) is 0 Å². The highest BCUT2D eigenvalue weighted by Gasteiger charge is 2.43. The van der Waals surface area contributed by atoms with E-state index in [4.69, 9.17) is 0 Å². The van der Waals surface area contributed by atoms with E-state index < -0.39 is 0 Å². The second-order valence-electron chi connectivity index (χ2n) is 6.61. The van der Waals surface area contributed by atoms with Gasteiger partial charge in [-0.15, -0.1) is 0 Å². The summed E-state index contributed by atoms with van der Waals surface area (Å²) in [6, 6.07) is 0. The Bertz CT molecular complexity index is 324. The van der Waals surface area contributed by atoms with Crippen molar-refractivity contribution in [2.45, 2.75) is 51.2 Å². The standard InChI is InChI=1S/C15H28N2OS/c1-4-5-15(6-8-16-12-15)13(18)17-9-7-14(2,3)19-11-10-17/h16H,4-12H2,1-3H3. The molecule has 2 saturated heterocycles. The van der Waals surface area contributed by atoms with Gasteiger partial charge in [0.15, 0.2) is 0 Å². The zero-order valence-corrected chi connectivity index (χ0v) is 13.4. The molecule has 19 heavy (non-hydrogen) atoms. The van der Waals surface area contributed by atoms with Crippen molar-refractivity contribution in [3.05, 3.63) is 0 Å². The van der Waals surface area contributed by atoms with E-state index in [0.29, 0.717) is 10.7 Å². The van der Waals surface area contributed by atoms with E-state index in [1.54, 1.807) is 0 Å². The number of hydrogen-bond acceptors (Lipinski definition) is 3. The Morgan fingerprint density at radius 1 is 1.32 bits per heavy atom. The van der Waals surface area contributed by atoms with Crippen LogP contribution in [0.25, 0.3) is 0 Å². The van der Waals surface area contributed by atoms with Crippen molar-refractivity contribution < 1.29 is 4.79 Å². The topological polar surface area (TPSA) is 32.3 Å². The van der Waals surface area contributed by atoms with Gasteiger partial charge < -0.3 is 10.2 Å². The predicted molar refractivity (Wildman–Crippen MR) is 82.6 cm³/mol. The van der Waals surface area contributed by atoms with Crippen LogP contribution in [0.3, 0.4) is 0 Å². The smallest absolute Gasteiger partial charge is 0.230 e. The van der Waals surface area contributed by atoms with E-state index in [-0.39, 0.29) is 5.41 Å². The van der Waals surface area contributed by atoms with Gasteiger partial charge in [0.05, 0.1) is 5.41 Å². The first-order valence-electron chi connectivity index (χ1n) is 7.63. The summed E-state index contributed by atoms with van der Waals surface area (Å²) in [5.74, 6) is 1.49. The average Bonchev–Trinajstić information content (AvgIpc) is 2.75. The lowest BCUT2D eigenvalue weighted by molar-refractivity contribution is -0.141. The maximum absolute atomic E-state index is 13.0. The third kappa shape index (κ3) is 3.46. The van der Waals surface area contributed by atoms with Crippen molar-refractivity contribution in [3.8, 4) is 0 Å². The number of nitrogens with one attached hydrogen (secondary N) is 1. The lowest BCUT2D eigenvalue weighted by Gasteiger charge is -2.33. The highest BCUT2D eigenvalue weighted by atomic mass is 32.2. The SMILES string of the molecule is CCCC1(C(=O)N2CCSC(C)(C)CC2)CCNC1. The van der Waals surface area contributed by atoms with Crippen LogP contribution >= 0.6 is 11.8 Å². The Kier molecular flexibility index (Phi) is 4.83. The van der Waals surface area contributed by atoms with Crippen LogP contribution in [-0.2, 0) is 4.79 Å². The highest BCUT2D eigenvalue weighted by Crippen LogP contribution is 2.36. The van der Waals surface area contributed by atoms with Gasteiger partial charge in [-0.05, 0) is 25.8 Å². The molecule has 0 aromatic heterocycles. The summed E-state index contributed by atoms with van der Waals surface area (Å²) in [6.07, 6.45) is 4.26. The maximum Gasteiger partial charge on any atom is 0.230 e. The molecule has 1 N–H and O–H groups in total. The van der Waals surface area contributed by atoms with Gasteiger partial charge in [-0.3, -0.25) is 4.79 Å². The van der Waals surface area contributed by atoms with E-state index in [1.807, 2.05) is 11.8 Å². The molecule has 0 bridgehead atoms. The molecule has 2 fully saturated rings. The van der Waals surface area contributed by atoms with Crippen molar-refractivity contribution in [2.75, 3.05) is 31.9 Å². The minimum Gasteiger partial charge on any atom is -0.341 e. The molecule has 0 aromatic rings. The Hall–Kier alpha value is -0.220. The minimum absolute atomic E-state index is 0.103. The van der Waals surface area contributed by atoms with Crippen LogP contribution in [0, 0.1) is 5.41 Å². The van der Waals surface area contributed by atoms with Gasteiger partial charge in [0.2, 0.25) is 5.91 Å². The molecule has 3 nitrogen and oxygen atoms in total. The summed E-state index contributed by atoms with van der Waals surface area (Å²) in [5.41, 5.74) is -0.103. The fourth-order valence-electron chi connectivity index (χ4n) is 3.28. The zero-order chi connectivity index (χ0) is 13.9. The lowest BCUT2D eigenvalue weighted by atomic mass is 9.81. The monoisotopic (exact) mass is 284 g/mol. The van der Waals surface area contributed by atoms with Crippen LogP contribution in [0.1, 0.15) is 46.5 Å². The van der Waals surface area contributed by atoms with Gasteiger partial charge in [-0.2, -0.15) is 11.8 Å². The number of rotatable bonds is 3. The highest BCUT2D eigenvalue weighted by molar-refractivity contribution is 8.00. The molecule has 2 aliphatic rings. The van der Waals surface area contributed by atoms with E-state index >= 15 is 0 Å². The van der Waals surface area contributed by atoms with E-state index in [0.717, 1.165) is 57.6 Å². The molecule has 2 aliphatic heterocycles. The number of carbonyl (C=O) groups excluding carboxylic acids is 1. The van der Waals surface area contributed by atoms with Crippen LogP contribution in [0.5, 0.6) is 0 Å². The zero-order valence-electron chi connectivity index (χ0n) is 12.6. The summed E-state index contributed by atoms with van der Waals surface area (Å²) >= 11 is 2.01.